The van der Waals surface area contributed by atoms with Crippen molar-refractivity contribution in [1.82, 2.24) is 9.80 Å². The van der Waals surface area contributed by atoms with Gasteiger partial charge >= 0.3 is 0 Å². The Balaban J connectivity index is 1.45. The number of carbonyl (C=O) groups excluding carboxylic acids is 1. The normalized spacial score (nSPS) is 15.5. The molecule has 8 heteroatoms. The van der Waals surface area contributed by atoms with Gasteiger partial charge in [0.2, 0.25) is 5.91 Å². The van der Waals surface area contributed by atoms with E-state index in [1.165, 1.54) is 0 Å². The smallest absolute Gasteiger partial charge is 0.222 e. The summed E-state index contributed by atoms with van der Waals surface area (Å²) in [5, 5.41) is 0.517. The number of carbonyl (C=O) groups is 1. The van der Waals surface area contributed by atoms with Crippen molar-refractivity contribution < 1.29 is 17.9 Å². The van der Waals surface area contributed by atoms with Gasteiger partial charge in [-0.2, -0.15) is 0 Å². The lowest BCUT2D eigenvalue weighted by molar-refractivity contribution is -0.131. The van der Waals surface area contributed by atoms with E-state index in [1.54, 1.807) is 31.4 Å². The molecular weight excluding hydrogens is 436 g/mol. The van der Waals surface area contributed by atoms with Crippen molar-refractivity contribution in [2.24, 2.45) is 0 Å². The van der Waals surface area contributed by atoms with Crippen LogP contribution < -0.4 is 4.74 Å². The fourth-order valence-corrected chi connectivity index (χ4v) is 5.07. The van der Waals surface area contributed by atoms with Gasteiger partial charge in [-0.05, 0) is 61.3 Å². The number of amides is 1. The highest BCUT2D eigenvalue weighted by Gasteiger charge is 2.21. The Morgan fingerprint density at radius 1 is 1.00 bits per heavy atom. The molecule has 1 fully saturated rings. The molecule has 0 N–H and O–H groups in total. The minimum atomic E-state index is -3.35. The van der Waals surface area contributed by atoms with Gasteiger partial charge in [-0.25, -0.2) is 8.42 Å². The summed E-state index contributed by atoms with van der Waals surface area (Å²) >= 11 is 5.85. The summed E-state index contributed by atoms with van der Waals surface area (Å²) in [6.07, 6.45) is 2.01. The quantitative estimate of drug-likeness (QED) is 0.599. The SMILES string of the molecule is COc1ccc(CCC(=O)N2CCCN(CCS(=O)(=O)c3ccc(Cl)cc3)CC2)cc1. The molecule has 6 nitrogen and oxygen atoms in total. The first-order chi connectivity index (χ1) is 14.9. The minimum absolute atomic E-state index is 0.0556. The molecule has 0 bridgehead atoms. The van der Waals surface area contributed by atoms with Gasteiger partial charge in [0.15, 0.2) is 9.84 Å². The van der Waals surface area contributed by atoms with Gasteiger partial charge in [0, 0.05) is 37.6 Å². The molecule has 31 heavy (non-hydrogen) atoms. The number of hydrogen-bond acceptors (Lipinski definition) is 5. The molecule has 0 spiro atoms. The highest BCUT2D eigenvalue weighted by molar-refractivity contribution is 7.91. The van der Waals surface area contributed by atoms with Crippen LogP contribution in [0.15, 0.2) is 53.4 Å². The van der Waals surface area contributed by atoms with Crippen LogP contribution in [0, 0.1) is 0 Å². The molecule has 0 aromatic heterocycles. The first kappa shape index (κ1) is 23.6. The Hall–Kier alpha value is -2.09. The maximum Gasteiger partial charge on any atom is 0.222 e. The Morgan fingerprint density at radius 3 is 2.39 bits per heavy atom. The van der Waals surface area contributed by atoms with E-state index < -0.39 is 9.84 Å². The third kappa shape index (κ3) is 6.95. The summed E-state index contributed by atoms with van der Waals surface area (Å²) in [5.41, 5.74) is 1.11. The monoisotopic (exact) mass is 464 g/mol. The second-order valence-corrected chi connectivity index (χ2v) is 10.2. The number of rotatable bonds is 8. The topological polar surface area (TPSA) is 66.9 Å². The van der Waals surface area contributed by atoms with E-state index in [0.29, 0.717) is 48.9 Å². The van der Waals surface area contributed by atoms with Gasteiger partial charge in [0.1, 0.15) is 5.75 Å². The number of nitrogens with zero attached hydrogens (tertiary/aromatic N) is 2. The Morgan fingerprint density at radius 2 is 1.71 bits per heavy atom. The fraction of sp³-hybridized carbons (Fsp3) is 0.435. The molecular formula is C23H29ClN2O4S. The van der Waals surface area contributed by atoms with E-state index in [-0.39, 0.29) is 11.7 Å². The van der Waals surface area contributed by atoms with Crippen molar-refractivity contribution in [3.63, 3.8) is 0 Å². The molecule has 3 rings (SSSR count). The Labute approximate surface area is 189 Å². The number of benzene rings is 2. The first-order valence-corrected chi connectivity index (χ1v) is 12.5. The first-order valence-electron chi connectivity index (χ1n) is 10.5. The third-order valence-electron chi connectivity index (χ3n) is 5.58. The van der Waals surface area contributed by atoms with Crippen molar-refractivity contribution in [2.75, 3.05) is 45.6 Å². The molecule has 168 valence electrons. The van der Waals surface area contributed by atoms with Crippen LogP contribution in [-0.2, 0) is 21.1 Å². The van der Waals surface area contributed by atoms with Gasteiger partial charge in [0.25, 0.3) is 0 Å². The standard InChI is InChI=1S/C23H29ClN2O4S/c1-30-21-8-3-19(4-9-21)5-12-23(27)26-14-2-13-25(15-16-26)17-18-31(28,29)22-10-6-20(24)7-11-22/h3-4,6-11H,2,5,12-18H2,1H3. The fourth-order valence-electron chi connectivity index (χ4n) is 3.65. The summed E-state index contributed by atoms with van der Waals surface area (Å²) in [6.45, 7) is 3.27. The van der Waals surface area contributed by atoms with Crippen LogP contribution in [0.5, 0.6) is 5.75 Å². The Kier molecular flexibility index (Phi) is 8.35. The van der Waals surface area contributed by atoms with Gasteiger partial charge < -0.3 is 14.5 Å². The van der Waals surface area contributed by atoms with Gasteiger partial charge in [0.05, 0.1) is 17.8 Å². The number of halogens is 1. The van der Waals surface area contributed by atoms with E-state index >= 15 is 0 Å². The maximum absolute atomic E-state index is 12.7. The molecule has 1 amide bonds. The summed E-state index contributed by atoms with van der Waals surface area (Å²) in [6, 6.07) is 14.1. The molecule has 2 aromatic rings. The Bertz CT molecular complexity index is 962. The second kappa shape index (κ2) is 11.0. The van der Waals surface area contributed by atoms with E-state index in [9.17, 15) is 13.2 Å². The highest BCUT2D eigenvalue weighted by Crippen LogP contribution is 2.17. The lowest BCUT2D eigenvalue weighted by atomic mass is 10.1. The number of sulfone groups is 1. The molecule has 0 saturated carbocycles. The average molecular weight is 465 g/mol. The molecule has 1 saturated heterocycles. The van der Waals surface area contributed by atoms with E-state index in [0.717, 1.165) is 24.3 Å². The van der Waals surface area contributed by atoms with Crippen LogP contribution in [0.1, 0.15) is 18.4 Å². The van der Waals surface area contributed by atoms with Crippen molar-refractivity contribution >= 4 is 27.3 Å². The minimum Gasteiger partial charge on any atom is -0.497 e. The zero-order valence-electron chi connectivity index (χ0n) is 17.8. The van der Waals surface area contributed by atoms with Crippen LogP contribution in [0.4, 0.5) is 0 Å². The van der Waals surface area contributed by atoms with Crippen LogP contribution in [0.25, 0.3) is 0 Å². The predicted octanol–water partition coefficient (Wildman–Crippen LogP) is 3.29. The second-order valence-electron chi connectivity index (χ2n) is 7.70. The van der Waals surface area contributed by atoms with Crippen LogP contribution in [0.2, 0.25) is 5.02 Å². The highest BCUT2D eigenvalue weighted by atomic mass is 35.5. The average Bonchev–Trinajstić information content (AvgIpc) is 3.03. The largest absolute Gasteiger partial charge is 0.497 e. The van der Waals surface area contributed by atoms with Gasteiger partial charge in [-0.15, -0.1) is 0 Å². The summed E-state index contributed by atoms with van der Waals surface area (Å²) < 4.78 is 30.3. The molecule has 1 aliphatic heterocycles. The zero-order valence-corrected chi connectivity index (χ0v) is 19.4. The molecule has 1 heterocycles. The zero-order chi connectivity index (χ0) is 22.3. The molecule has 0 unspecified atom stereocenters. The van der Waals surface area contributed by atoms with E-state index in [2.05, 4.69) is 4.90 Å². The van der Waals surface area contributed by atoms with Crippen molar-refractivity contribution in [3.8, 4) is 5.75 Å². The number of methoxy groups -OCH3 is 1. The lowest BCUT2D eigenvalue weighted by Gasteiger charge is -2.22. The summed E-state index contributed by atoms with van der Waals surface area (Å²) in [5.74, 6) is 1.01. The summed E-state index contributed by atoms with van der Waals surface area (Å²) in [4.78, 5) is 17.0. The number of aryl methyl sites for hydroxylation is 1. The molecule has 0 aliphatic carbocycles. The molecule has 2 aromatic carbocycles. The molecule has 1 aliphatic rings. The van der Waals surface area contributed by atoms with E-state index in [1.807, 2.05) is 29.2 Å². The third-order valence-corrected chi connectivity index (χ3v) is 7.54. The lowest BCUT2D eigenvalue weighted by Crippen LogP contribution is -2.36. The molecule has 0 atom stereocenters. The van der Waals surface area contributed by atoms with E-state index in [4.69, 9.17) is 16.3 Å². The predicted molar refractivity (Wildman–Crippen MR) is 122 cm³/mol. The number of hydrogen-bond donors (Lipinski definition) is 0. The van der Waals surface area contributed by atoms with Crippen LogP contribution >= 0.6 is 11.6 Å². The maximum atomic E-state index is 12.7. The van der Waals surface area contributed by atoms with Crippen molar-refractivity contribution in [3.05, 3.63) is 59.1 Å². The van der Waals surface area contributed by atoms with Gasteiger partial charge in [-0.3, -0.25) is 4.79 Å². The van der Waals surface area contributed by atoms with Crippen LogP contribution in [0.3, 0.4) is 0 Å². The summed E-state index contributed by atoms with van der Waals surface area (Å²) in [7, 11) is -1.72. The van der Waals surface area contributed by atoms with Crippen molar-refractivity contribution in [1.29, 1.82) is 0 Å². The van der Waals surface area contributed by atoms with Crippen molar-refractivity contribution in [2.45, 2.75) is 24.2 Å². The molecule has 0 radical (unpaired) electrons. The van der Waals surface area contributed by atoms with Crippen LogP contribution in [-0.4, -0.2) is 69.7 Å². The number of ether oxygens (including phenoxy) is 1. The van der Waals surface area contributed by atoms with Gasteiger partial charge in [-0.1, -0.05) is 23.7 Å².